The monoisotopic (exact) mass is 303 g/mol. The molecule has 3 nitrogen and oxygen atoms in total. The molecule has 88 valence electrons. The minimum atomic E-state index is -2.80. The van der Waals surface area contributed by atoms with Crippen LogP contribution in [0.25, 0.3) is 0 Å². The highest BCUT2D eigenvalue weighted by atomic mass is 79.9. The number of hydrogen-bond acceptors (Lipinski definition) is 3. The molecule has 2 rings (SSSR count). The molecule has 1 saturated heterocycles. The van der Waals surface area contributed by atoms with Gasteiger partial charge in [0.25, 0.3) is 0 Å². The van der Waals surface area contributed by atoms with E-state index in [-0.39, 0.29) is 11.5 Å². The lowest BCUT2D eigenvalue weighted by Gasteiger charge is -2.29. The smallest absolute Gasteiger partial charge is 0.153 e. The second-order valence-electron chi connectivity index (χ2n) is 4.13. The van der Waals surface area contributed by atoms with Crippen LogP contribution in [0.5, 0.6) is 0 Å². The van der Waals surface area contributed by atoms with E-state index < -0.39 is 9.84 Å². The third kappa shape index (κ3) is 2.77. The van der Waals surface area contributed by atoms with Crippen LogP contribution in [0.3, 0.4) is 0 Å². The minimum absolute atomic E-state index is 0.262. The molecule has 0 aromatic heterocycles. The van der Waals surface area contributed by atoms with Gasteiger partial charge in [-0.1, -0.05) is 15.9 Å². The van der Waals surface area contributed by atoms with Crippen LogP contribution in [0.4, 0.5) is 5.69 Å². The summed E-state index contributed by atoms with van der Waals surface area (Å²) in [5.74, 6) is 0.525. The van der Waals surface area contributed by atoms with Crippen molar-refractivity contribution in [1.82, 2.24) is 0 Å². The Morgan fingerprint density at radius 3 is 2.38 bits per heavy atom. The van der Waals surface area contributed by atoms with Crippen LogP contribution in [0, 0.1) is 6.92 Å². The molecule has 0 N–H and O–H groups in total. The zero-order chi connectivity index (χ0) is 11.8. The largest absolute Gasteiger partial charge is 0.369 e. The fourth-order valence-electron chi connectivity index (χ4n) is 1.87. The van der Waals surface area contributed by atoms with E-state index in [0.29, 0.717) is 13.1 Å². The Kier molecular flexibility index (Phi) is 3.26. The van der Waals surface area contributed by atoms with E-state index in [9.17, 15) is 8.42 Å². The molecule has 0 unspecified atom stereocenters. The number of nitrogens with zero attached hydrogens (tertiary/aromatic N) is 1. The Morgan fingerprint density at radius 2 is 1.81 bits per heavy atom. The van der Waals surface area contributed by atoms with Crippen molar-refractivity contribution in [1.29, 1.82) is 0 Å². The predicted octanol–water partition coefficient (Wildman–Crippen LogP) is 1.99. The van der Waals surface area contributed by atoms with E-state index in [0.717, 1.165) is 10.2 Å². The third-order valence-corrected chi connectivity index (χ3v) is 4.80. The molecule has 16 heavy (non-hydrogen) atoms. The molecule has 0 amide bonds. The van der Waals surface area contributed by atoms with Crippen LogP contribution in [0.1, 0.15) is 5.56 Å². The highest BCUT2D eigenvalue weighted by Crippen LogP contribution is 2.23. The number of aryl methyl sites for hydroxylation is 1. The lowest BCUT2D eigenvalue weighted by Crippen LogP contribution is -2.40. The summed E-state index contributed by atoms with van der Waals surface area (Å²) in [6.07, 6.45) is 0. The molecule has 0 aliphatic carbocycles. The number of hydrogen-bond donors (Lipinski definition) is 0. The van der Waals surface area contributed by atoms with Crippen LogP contribution < -0.4 is 4.90 Å². The van der Waals surface area contributed by atoms with E-state index in [1.165, 1.54) is 5.56 Å². The SMILES string of the molecule is Cc1cc(Br)cc(N2CCS(=O)(=O)CC2)c1. The number of benzene rings is 1. The van der Waals surface area contributed by atoms with Gasteiger partial charge in [-0.05, 0) is 30.7 Å². The van der Waals surface area contributed by atoms with Crippen LogP contribution in [0.15, 0.2) is 22.7 Å². The topological polar surface area (TPSA) is 37.4 Å². The van der Waals surface area contributed by atoms with Crippen molar-refractivity contribution in [3.8, 4) is 0 Å². The Labute approximate surface area is 105 Å². The molecule has 0 saturated carbocycles. The van der Waals surface area contributed by atoms with Gasteiger partial charge in [0.15, 0.2) is 9.84 Å². The summed E-state index contributed by atoms with van der Waals surface area (Å²) in [4.78, 5) is 2.12. The lowest BCUT2D eigenvalue weighted by molar-refractivity contribution is 0.587. The fourth-order valence-corrected chi connectivity index (χ4v) is 3.67. The maximum atomic E-state index is 11.3. The van der Waals surface area contributed by atoms with Crippen molar-refractivity contribution in [2.24, 2.45) is 0 Å². The molecule has 5 heteroatoms. The van der Waals surface area contributed by atoms with Crippen LogP contribution in [-0.4, -0.2) is 33.0 Å². The van der Waals surface area contributed by atoms with Gasteiger partial charge in [-0.2, -0.15) is 0 Å². The van der Waals surface area contributed by atoms with Gasteiger partial charge >= 0.3 is 0 Å². The van der Waals surface area contributed by atoms with Gasteiger partial charge in [0.05, 0.1) is 11.5 Å². The van der Waals surface area contributed by atoms with E-state index >= 15 is 0 Å². The van der Waals surface area contributed by atoms with E-state index in [2.05, 4.69) is 26.9 Å². The summed E-state index contributed by atoms with van der Waals surface area (Å²) in [5, 5.41) is 0. The van der Waals surface area contributed by atoms with Gasteiger partial charge in [0, 0.05) is 23.2 Å². The normalized spacial score (nSPS) is 19.8. The maximum Gasteiger partial charge on any atom is 0.153 e. The van der Waals surface area contributed by atoms with Gasteiger partial charge in [0.1, 0.15) is 0 Å². The van der Waals surface area contributed by atoms with Gasteiger partial charge in [-0.15, -0.1) is 0 Å². The first kappa shape index (κ1) is 11.9. The second-order valence-corrected chi connectivity index (χ2v) is 7.34. The molecular weight excluding hydrogens is 290 g/mol. The lowest BCUT2D eigenvalue weighted by atomic mass is 10.2. The summed E-state index contributed by atoms with van der Waals surface area (Å²) in [6.45, 7) is 3.23. The Morgan fingerprint density at radius 1 is 1.19 bits per heavy atom. The van der Waals surface area contributed by atoms with Gasteiger partial charge in [0.2, 0.25) is 0 Å². The Balaban J connectivity index is 2.20. The first-order valence-electron chi connectivity index (χ1n) is 5.19. The van der Waals surface area contributed by atoms with Gasteiger partial charge < -0.3 is 4.90 Å². The first-order valence-corrected chi connectivity index (χ1v) is 7.80. The average Bonchev–Trinajstić information content (AvgIpc) is 2.15. The van der Waals surface area contributed by atoms with Crippen LogP contribution in [-0.2, 0) is 9.84 Å². The molecule has 0 bridgehead atoms. The van der Waals surface area contributed by atoms with Crippen molar-refractivity contribution >= 4 is 31.5 Å². The van der Waals surface area contributed by atoms with Crippen LogP contribution >= 0.6 is 15.9 Å². The summed E-state index contributed by atoms with van der Waals surface area (Å²) in [5.41, 5.74) is 2.28. The molecule has 0 atom stereocenters. The summed E-state index contributed by atoms with van der Waals surface area (Å²) in [7, 11) is -2.80. The number of halogens is 1. The number of sulfone groups is 1. The molecule has 0 spiro atoms. The zero-order valence-corrected chi connectivity index (χ0v) is 11.5. The van der Waals surface area contributed by atoms with Crippen LogP contribution in [0.2, 0.25) is 0 Å². The second kappa shape index (κ2) is 4.37. The standard InChI is InChI=1S/C11H14BrNO2S/c1-9-6-10(12)8-11(7-9)13-2-4-16(14,15)5-3-13/h6-8H,2-5H2,1H3. The highest BCUT2D eigenvalue weighted by molar-refractivity contribution is 9.10. The van der Waals surface area contributed by atoms with E-state index in [1.54, 1.807) is 0 Å². The van der Waals surface area contributed by atoms with Crippen molar-refractivity contribution in [2.75, 3.05) is 29.5 Å². The van der Waals surface area contributed by atoms with E-state index in [1.807, 2.05) is 19.1 Å². The van der Waals surface area contributed by atoms with Crippen molar-refractivity contribution in [3.63, 3.8) is 0 Å². The molecule has 1 aromatic rings. The summed E-state index contributed by atoms with van der Waals surface area (Å²) >= 11 is 3.46. The molecular formula is C11H14BrNO2S. The third-order valence-electron chi connectivity index (χ3n) is 2.74. The zero-order valence-electron chi connectivity index (χ0n) is 9.11. The van der Waals surface area contributed by atoms with Crippen molar-refractivity contribution in [2.45, 2.75) is 6.92 Å². The fraction of sp³-hybridized carbons (Fsp3) is 0.455. The maximum absolute atomic E-state index is 11.3. The van der Waals surface area contributed by atoms with Crippen molar-refractivity contribution in [3.05, 3.63) is 28.2 Å². The Hall–Kier alpha value is -0.550. The molecule has 1 fully saturated rings. The molecule has 1 aliphatic rings. The molecule has 1 heterocycles. The van der Waals surface area contributed by atoms with Gasteiger partial charge in [-0.3, -0.25) is 0 Å². The molecule has 0 radical (unpaired) electrons. The molecule has 1 aromatic carbocycles. The van der Waals surface area contributed by atoms with E-state index in [4.69, 9.17) is 0 Å². The number of anilines is 1. The molecule has 1 aliphatic heterocycles. The summed E-state index contributed by atoms with van der Waals surface area (Å²) in [6, 6.07) is 6.16. The quantitative estimate of drug-likeness (QED) is 0.796. The average molecular weight is 304 g/mol. The predicted molar refractivity (Wildman–Crippen MR) is 69.7 cm³/mol. The Bertz CT molecular complexity index is 464. The van der Waals surface area contributed by atoms with Crippen molar-refractivity contribution < 1.29 is 8.42 Å². The minimum Gasteiger partial charge on any atom is -0.369 e. The number of rotatable bonds is 1. The van der Waals surface area contributed by atoms with Gasteiger partial charge in [-0.25, -0.2) is 8.42 Å². The highest BCUT2D eigenvalue weighted by Gasteiger charge is 2.21. The summed E-state index contributed by atoms with van der Waals surface area (Å²) < 4.78 is 23.7. The first-order chi connectivity index (χ1) is 7.46.